The third-order valence-corrected chi connectivity index (χ3v) is 6.44. The summed E-state index contributed by atoms with van der Waals surface area (Å²) in [4.78, 5) is 23.7. The molecule has 196 valence electrons. The lowest BCUT2D eigenvalue weighted by Crippen LogP contribution is -2.23. The zero-order chi connectivity index (χ0) is 26.2. The van der Waals surface area contributed by atoms with Gasteiger partial charge in [0, 0.05) is 36.4 Å². The maximum atomic E-state index is 13.6. The van der Waals surface area contributed by atoms with Gasteiger partial charge in [-0.3, -0.25) is 4.79 Å². The Morgan fingerprint density at radius 3 is 2.84 bits per heavy atom. The molecule has 1 amide bonds. The van der Waals surface area contributed by atoms with E-state index in [0.717, 1.165) is 32.5 Å². The van der Waals surface area contributed by atoms with Crippen molar-refractivity contribution in [3.8, 4) is 5.75 Å². The average Bonchev–Trinajstić information content (AvgIpc) is 3.42. The summed E-state index contributed by atoms with van der Waals surface area (Å²) in [5, 5.41) is 6.73. The molecular formula is C27H31ClFN5O3. The zero-order valence-electron chi connectivity index (χ0n) is 21.0. The molecule has 0 spiro atoms. The molecule has 1 fully saturated rings. The first kappa shape index (κ1) is 26.8. The predicted octanol–water partition coefficient (Wildman–Crippen LogP) is 5.56. The van der Waals surface area contributed by atoms with Gasteiger partial charge in [0.2, 0.25) is 5.91 Å². The van der Waals surface area contributed by atoms with Crippen LogP contribution in [-0.4, -0.2) is 59.7 Å². The van der Waals surface area contributed by atoms with Crippen molar-refractivity contribution in [3.63, 3.8) is 0 Å². The fraction of sp³-hybridized carbons (Fsp3) is 0.370. The normalized spacial score (nSPS) is 15.5. The van der Waals surface area contributed by atoms with Crippen LogP contribution in [0.3, 0.4) is 0 Å². The number of carbonyl (C=O) groups is 1. The Bertz CT molecular complexity index is 1260. The van der Waals surface area contributed by atoms with Gasteiger partial charge < -0.3 is 25.0 Å². The average molecular weight is 528 g/mol. The Morgan fingerprint density at radius 2 is 2.11 bits per heavy atom. The minimum Gasteiger partial charge on any atom is -0.489 e. The molecule has 0 unspecified atom stereocenters. The fourth-order valence-electron chi connectivity index (χ4n) is 4.03. The molecule has 1 aliphatic heterocycles. The number of fused-ring (bicyclic) bond motifs is 1. The topological polar surface area (TPSA) is 88.6 Å². The lowest BCUT2D eigenvalue weighted by molar-refractivity contribution is -0.111. The molecule has 1 atom stereocenters. The van der Waals surface area contributed by atoms with Crippen LogP contribution in [0.5, 0.6) is 5.75 Å². The van der Waals surface area contributed by atoms with E-state index in [1.165, 1.54) is 24.5 Å². The van der Waals surface area contributed by atoms with E-state index in [1.54, 1.807) is 18.2 Å². The molecule has 8 nitrogen and oxygen atoms in total. The number of halogens is 2. The lowest BCUT2D eigenvalue weighted by Gasteiger charge is -2.17. The quantitative estimate of drug-likeness (QED) is 0.315. The lowest BCUT2D eigenvalue weighted by atomic mass is 10.1. The van der Waals surface area contributed by atoms with E-state index in [9.17, 15) is 9.18 Å². The van der Waals surface area contributed by atoms with E-state index in [0.29, 0.717) is 47.0 Å². The van der Waals surface area contributed by atoms with E-state index in [1.807, 2.05) is 6.08 Å². The van der Waals surface area contributed by atoms with E-state index >= 15 is 0 Å². The number of hydrogen-bond acceptors (Lipinski definition) is 7. The molecular weight excluding hydrogens is 497 g/mol. The molecule has 0 radical (unpaired) electrons. The van der Waals surface area contributed by atoms with E-state index in [-0.39, 0.29) is 17.0 Å². The summed E-state index contributed by atoms with van der Waals surface area (Å²) in [6.07, 6.45) is 6.73. The van der Waals surface area contributed by atoms with E-state index in [2.05, 4.69) is 39.3 Å². The fourth-order valence-corrected chi connectivity index (χ4v) is 4.22. The first-order valence-electron chi connectivity index (χ1n) is 12.4. The summed E-state index contributed by atoms with van der Waals surface area (Å²) >= 11 is 5.94. The molecule has 2 N–H and O–H groups in total. The molecule has 0 saturated carbocycles. The summed E-state index contributed by atoms with van der Waals surface area (Å²) in [6, 6.07) is 7.86. The van der Waals surface area contributed by atoms with Crippen molar-refractivity contribution in [2.24, 2.45) is 0 Å². The number of benzene rings is 2. The van der Waals surface area contributed by atoms with Crippen LogP contribution >= 0.6 is 11.6 Å². The van der Waals surface area contributed by atoms with Crippen LogP contribution in [0.25, 0.3) is 10.9 Å². The number of ether oxygens (including phenoxy) is 2. The van der Waals surface area contributed by atoms with Crippen molar-refractivity contribution in [1.29, 1.82) is 0 Å². The molecule has 0 bridgehead atoms. The number of likely N-dealkylation sites (N-methyl/N-ethyl adjacent to an activating group) is 1. The van der Waals surface area contributed by atoms with E-state index < -0.39 is 5.82 Å². The highest BCUT2D eigenvalue weighted by Crippen LogP contribution is 2.34. The standard InChI is InChI=1S/C27H31ClFN5O3/c1-3-34(4-2)11-5-8-26(35)33-24-14-20-23(15-25(24)37-16-19-7-6-12-36-19)30-17-31-27(20)32-18-9-10-22(29)21(28)13-18/h5,8-10,13-15,17,19H,3-4,6-7,11-12,16H2,1-2H3,(H,33,35)(H,30,31,32)/t19-/m0/s1. The number of nitrogens with zero attached hydrogens (tertiary/aromatic N) is 3. The summed E-state index contributed by atoms with van der Waals surface area (Å²) in [6.45, 7) is 7.75. The second kappa shape index (κ2) is 12.8. The molecule has 1 saturated heterocycles. The second-order valence-electron chi connectivity index (χ2n) is 8.67. The van der Waals surface area contributed by atoms with Gasteiger partial charge in [0.25, 0.3) is 0 Å². The minimum absolute atomic E-state index is 0.00219. The molecule has 2 heterocycles. The van der Waals surface area contributed by atoms with Crippen LogP contribution in [0, 0.1) is 5.82 Å². The zero-order valence-corrected chi connectivity index (χ0v) is 21.7. The van der Waals surface area contributed by atoms with Gasteiger partial charge in [-0.15, -0.1) is 0 Å². The van der Waals surface area contributed by atoms with Crippen molar-refractivity contribution in [2.75, 3.05) is 43.5 Å². The maximum Gasteiger partial charge on any atom is 0.248 e. The smallest absolute Gasteiger partial charge is 0.248 e. The molecule has 3 aromatic rings. The number of hydrogen-bond donors (Lipinski definition) is 2. The van der Waals surface area contributed by atoms with Crippen LogP contribution < -0.4 is 15.4 Å². The highest BCUT2D eigenvalue weighted by Gasteiger charge is 2.19. The predicted molar refractivity (Wildman–Crippen MR) is 144 cm³/mol. The highest BCUT2D eigenvalue weighted by atomic mass is 35.5. The Morgan fingerprint density at radius 1 is 1.27 bits per heavy atom. The minimum atomic E-state index is -0.508. The van der Waals surface area contributed by atoms with Gasteiger partial charge in [-0.05, 0) is 50.2 Å². The van der Waals surface area contributed by atoms with Gasteiger partial charge in [0.15, 0.2) is 0 Å². The number of aromatic nitrogens is 2. The molecule has 1 aromatic heterocycles. The molecule has 1 aliphatic rings. The van der Waals surface area contributed by atoms with Crippen molar-refractivity contribution in [1.82, 2.24) is 14.9 Å². The number of nitrogens with one attached hydrogen (secondary N) is 2. The van der Waals surface area contributed by atoms with Crippen molar-refractivity contribution in [2.45, 2.75) is 32.8 Å². The molecule has 37 heavy (non-hydrogen) atoms. The van der Waals surface area contributed by atoms with Crippen LogP contribution in [0.15, 0.2) is 48.8 Å². The number of carbonyl (C=O) groups excluding carboxylic acids is 1. The number of rotatable bonds is 11. The summed E-state index contributed by atoms with van der Waals surface area (Å²) in [5.41, 5.74) is 1.66. The second-order valence-corrected chi connectivity index (χ2v) is 9.07. The monoisotopic (exact) mass is 527 g/mol. The molecule has 4 rings (SSSR count). The highest BCUT2D eigenvalue weighted by molar-refractivity contribution is 6.31. The Balaban J connectivity index is 1.62. The first-order valence-corrected chi connectivity index (χ1v) is 12.8. The van der Waals surface area contributed by atoms with Crippen LogP contribution in [0.4, 0.5) is 21.6 Å². The van der Waals surface area contributed by atoms with Crippen molar-refractivity contribution in [3.05, 3.63) is 59.7 Å². The third-order valence-electron chi connectivity index (χ3n) is 6.15. The van der Waals surface area contributed by atoms with Gasteiger partial charge in [0.05, 0.1) is 22.3 Å². The maximum absolute atomic E-state index is 13.6. The Kier molecular flexibility index (Phi) is 9.27. The largest absolute Gasteiger partial charge is 0.489 e. The SMILES string of the molecule is CCN(CC)CC=CC(=O)Nc1cc2c(Nc3ccc(F)c(Cl)c3)ncnc2cc1OC[C@@H]1CCCO1. The number of amides is 1. The van der Waals surface area contributed by atoms with Gasteiger partial charge in [-0.25, -0.2) is 14.4 Å². The summed E-state index contributed by atoms with van der Waals surface area (Å²) < 4.78 is 25.4. The Labute approximate surface area is 220 Å². The Hall–Kier alpha value is -3.27. The van der Waals surface area contributed by atoms with Crippen LogP contribution in [-0.2, 0) is 9.53 Å². The summed E-state index contributed by atoms with van der Waals surface area (Å²) in [7, 11) is 0. The van der Waals surface area contributed by atoms with Crippen molar-refractivity contribution >= 4 is 45.6 Å². The first-order chi connectivity index (χ1) is 18.0. The van der Waals surface area contributed by atoms with E-state index in [4.69, 9.17) is 21.1 Å². The third kappa shape index (κ3) is 7.15. The van der Waals surface area contributed by atoms with Gasteiger partial charge in [-0.2, -0.15) is 0 Å². The van der Waals surface area contributed by atoms with Gasteiger partial charge in [0.1, 0.15) is 30.3 Å². The van der Waals surface area contributed by atoms with Gasteiger partial charge in [-0.1, -0.05) is 31.5 Å². The molecule has 0 aliphatic carbocycles. The molecule has 2 aromatic carbocycles. The summed E-state index contributed by atoms with van der Waals surface area (Å²) in [5.74, 6) is 0.186. The van der Waals surface area contributed by atoms with Crippen LogP contribution in [0.1, 0.15) is 26.7 Å². The number of anilines is 3. The molecule has 10 heteroatoms. The van der Waals surface area contributed by atoms with Gasteiger partial charge >= 0.3 is 0 Å². The van der Waals surface area contributed by atoms with Crippen LogP contribution in [0.2, 0.25) is 5.02 Å². The van der Waals surface area contributed by atoms with Crippen molar-refractivity contribution < 1.29 is 18.7 Å².